The summed E-state index contributed by atoms with van der Waals surface area (Å²) in [6.45, 7) is 1.77. The summed E-state index contributed by atoms with van der Waals surface area (Å²) in [5.41, 5.74) is 0.434. The molecule has 0 bridgehead atoms. The van der Waals surface area contributed by atoms with Crippen LogP contribution in [0.4, 0.5) is 13.2 Å². The summed E-state index contributed by atoms with van der Waals surface area (Å²) in [6.07, 6.45) is -2.59. The quantitative estimate of drug-likeness (QED) is 0.526. The Kier molecular flexibility index (Phi) is 6.06. The van der Waals surface area contributed by atoms with E-state index < -0.39 is 33.4 Å². The van der Waals surface area contributed by atoms with Crippen molar-refractivity contribution in [1.29, 1.82) is 0 Å². The Bertz CT molecular complexity index is 695. The van der Waals surface area contributed by atoms with Gasteiger partial charge in [0, 0.05) is 0 Å². The summed E-state index contributed by atoms with van der Waals surface area (Å²) >= 11 is 5.25. The third-order valence-electron chi connectivity index (χ3n) is 4.00. The number of hydrogen-bond acceptors (Lipinski definition) is 3. The second-order valence-corrected chi connectivity index (χ2v) is 8.70. The molecule has 1 aromatic heterocycles. The van der Waals surface area contributed by atoms with Gasteiger partial charge in [-0.1, -0.05) is 0 Å². The van der Waals surface area contributed by atoms with Crippen molar-refractivity contribution in [1.82, 2.24) is 10.3 Å². The Balaban J connectivity index is 1.65. The molecule has 0 spiro atoms. The van der Waals surface area contributed by atoms with Crippen molar-refractivity contribution in [2.45, 2.75) is 22.4 Å². The van der Waals surface area contributed by atoms with E-state index in [1.165, 1.54) is 11.6 Å². The monoisotopic (exact) mass is 483 g/mol. The zero-order chi connectivity index (χ0) is 17.9. The maximum absolute atomic E-state index is 12.6. The molecule has 2 heterocycles. The number of hydrogen-bond donors (Lipinski definition) is 1. The van der Waals surface area contributed by atoms with E-state index in [4.69, 9.17) is 14.7 Å². The average molecular weight is 484 g/mol. The molecule has 3 nitrogen and oxygen atoms in total. The minimum absolute atomic E-state index is 0.259. The first kappa shape index (κ1) is 18.7. The Hall–Kier alpha value is -1.06. The van der Waals surface area contributed by atoms with Gasteiger partial charge < -0.3 is 0 Å². The molecule has 2 aromatic rings. The van der Waals surface area contributed by atoms with Gasteiger partial charge in [0.05, 0.1) is 0 Å². The van der Waals surface area contributed by atoms with Crippen molar-refractivity contribution in [3.8, 4) is 5.88 Å². The van der Waals surface area contributed by atoms with E-state index in [1.54, 1.807) is 0 Å². The molecule has 1 aliphatic rings. The van der Waals surface area contributed by atoms with Crippen LogP contribution in [0.15, 0.2) is 42.6 Å². The number of pyridine rings is 1. The molecule has 0 radical (unpaired) electrons. The predicted octanol–water partition coefficient (Wildman–Crippen LogP) is 1.28. The normalized spacial score (nSPS) is 21.3. The van der Waals surface area contributed by atoms with Crippen LogP contribution in [0, 0.1) is 0 Å². The van der Waals surface area contributed by atoms with Crippen molar-refractivity contribution in [2.24, 2.45) is 0 Å². The molecule has 8 heteroatoms. The van der Waals surface area contributed by atoms with Gasteiger partial charge in [-0.15, -0.1) is 0 Å². The molecule has 2 atom stereocenters. The van der Waals surface area contributed by atoms with Crippen molar-refractivity contribution in [2.75, 3.05) is 13.1 Å². The van der Waals surface area contributed by atoms with Gasteiger partial charge in [0.1, 0.15) is 0 Å². The van der Waals surface area contributed by atoms with Crippen LogP contribution in [0.5, 0.6) is 5.88 Å². The standard InChI is InChI=1S/C17H16ClF3IN2O/c18-13-4-1-11(2-5-13)14-10-23-8-7-15(14)22-25-16-6-3-12(9-24-16)17(19,20)21/h1-6,9,14-15,23H,7-8,10H2/q-1/t14-,15+/m0/s1. The first-order chi connectivity index (χ1) is 11.9. The van der Waals surface area contributed by atoms with E-state index in [2.05, 4.69) is 10.3 Å². The van der Waals surface area contributed by atoms with E-state index in [9.17, 15) is 13.2 Å². The van der Waals surface area contributed by atoms with Crippen LogP contribution in [-0.4, -0.2) is 22.0 Å². The van der Waals surface area contributed by atoms with Gasteiger partial charge >= 0.3 is 160 Å². The Morgan fingerprint density at radius 2 is 1.92 bits per heavy atom. The molecule has 3 rings (SSSR count). The summed E-state index contributed by atoms with van der Waals surface area (Å²) in [5, 5.41) is 4.09. The topological polar surface area (TPSA) is 34.1 Å². The first-order valence-electron chi connectivity index (χ1n) is 7.73. The third-order valence-corrected chi connectivity index (χ3v) is 7.10. The fourth-order valence-corrected chi connectivity index (χ4v) is 5.23. The van der Waals surface area contributed by atoms with Crippen LogP contribution in [0.3, 0.4) is 0 Å². The first-order valence-corrected chi connectivity index (χ1v) is 10.2. The maximum atomic E-state index is 12.6. The molecule has 1 saturated heterocycles. The van der Waals surface area contributed by atoms with Gasteiger partial charge in [-0.05, 0) is 0 Å². The van der Waals surface area contributed by atoms with E-state index >= 15 is 0 Å². The molecule has 0 unspecified atom stereocenters. The molecule has 1 aromatic carbocycles. The van der Waals surface area contributed by atoms with Crippen LogP contribution in [-0.2, 0) is 6.18 Å². The number of rotatable bonds is 4. The van der Waals surface area contributed by atoms with Crippen LogP contribution < -0.4 is 30.0 Å². The average Bonchev–Trinajstić information content (AvgIpc) is 2.61. The zero-order valence-electron chi connectivity index (χ0n) is 13.1. The summed E-state index contributed by atoms with van der Waals surface area (Å²) in [6, 6.07) is 10.1. The number of nitrogens with zero attached hydrogens (tertiary/aromatic N) is 1. The molecule has 1 N–H and O–H groups in total. The Labute approximate surface area is 159 Å². The molecule has 25 heavy (non-hydrogen) atoms. The van der Waals surface area contributed by atoms with Gasteiger partial charge in [-0.2, -0.15) is 0 Å². The van der Waals surface area contributed by atoms with Crippen molar-refractivity contribution in [3.63, 3.8) is 0 Å². The number of halogens is 5. The van der Waals surface area contributed by atoms with Crippen LogP contribution in [0.25, 0.3) is 0 Å². The number of aromatic nitrogens is 1. The summed E-state index contributed by atoms with van der Waals surface area (Å²) in [4.78, 5) is 3.79. The van der Waals surface area contributed by atoms with Gasteiger partial charge in [-0.3, -0.25) is 0 Å². The molecule has 136 valence electrons. The summed E-state index contributed by atoms with van der Waals surface area (Å²) in [5.74, 6) is 0.572. The van der Waals surface area contributed by atoms with Gasteiger partial charge in [0.15, 0.2) is 0 Å². The van der Waals surface area contributed by atoms with Crippen molar-refractivity contribution in [3.05, 3.63) is 58.7 Å². The Morgan fingerprint density at radius 1 is 1.16 bits per heavy atom. The van der Waals surface area contributed by atoms with Crippen LogP contribution in [0.1, 0.15) is 23.5 Å². The summed E-state index contributed by atoms with van der Waals surface area (Å²) in [7, 11) is 0. The number of nitrogens with one attached hydrogen (secondary N) is 1. The molecule has 1 aliphatic heterocycles. The Morgan fingerprint density at radius 3 is 2.56 bits per heavy atom. The van der Waals surface area contributed by atoms with Crippen molar-refractivity contribution < 1.29 is 37.9 Å². The third kappa shape index (κ3) is 4.98. The molecule has 1 fully saturated rings. The van der Waals surface area contributed by atoms with Crippen LogP contribution in [0.2, 0.25) is 5.02 Å². The molecule has 0 aliphatic carbocycles. The fraction of sp³-hybridized carbons (Fsp3) is 0.353. The second kappa shape index (κ2) is 8.09. The zero-order valence-corrected chi connectivity index (χ0v) is 16.0. The van der Waals surface area contributed by atoms with E-state index in [-0.39, 0.29) is 5.88 Å². The molecule has 0 saturated carbocycles. The SMILES string of the molecule is FC(F)(F)c1ccc(O[I-][C@@H]2CCNC[C@H]2c2ccc(Cl)cc2)nc1. The van der Waals surface area contributed by atoms with E-state index in [1.807, 2.05) is 24.3 Å². The van der Waals surface area contributed by atoms with Crippen molar-refractivity contribution >= 4 is 11.6 Å². The second-order valence-electron chi connectivity index (χ2n) is 5.72. The van der Waals surface area contributed by atoms with Gasteiger partial charge in [0.25, 0.3) is 0 Å². The van der Waals surface area contributed by atoms with Crippen LogP contribution >= 0.6 is 11.6 Å². The predicted molar refractivity (Wildman–Crippen MR) is 85.3 cm³/mol. The minimum atomic E-state index is -4.38. The van der Waals surface area contributed by atoms with Gasteiger partial charge in [0.2, 0.25) is 0 Å². The van der Waals surface area contributed by atoms with E-state index in [0.29, 0.717) is 14.9 Å². The number of alkyl halides is 4. The molecular weight excluding hydrogens is 468 g/mol. The van der Waals surface area contributed by atoms with Gasteiger partial charge in [-0.25, -0.2) is 0 Å². The van der Waals surface area contributed by atoms with E-state index in [0.717, 1.165) is 31.8 Å². The molecule has 0 amide bonds. The summed E-state index contributed by atoms with van der Waals surface area (Å²) < 4.78 is 43.9. The number of piperidine rings is 1. The molecular formula is C17H16ClF3IN2O-. The number of benzene rings is 1. The fourth-order valence-electron chi connectivity index (χ4n) is 2.67.